The summed E-state index contributed by atoms with van der Waals surface area (Å²) in [5.74, 6) is 1.68. The fraction of sp³-hybridized carbons (Fsp3) is 0.342. The van der Waals surface area contributed by atoms with Crippen LogP contribution in [0, 0.1) is 23.7 Å². The predicted octanol–water partition coefficient (Wildman–Crippen LogP) is 16.5. The Balaban J connectivity index is 0.000000193. The van der Waals surface area contributed by atoms with E-state index in [0.29, 0.717) is 47.9 Å². The van der Waals surface area contributed by atoms with Gasteiger partial charge in [-0.05, 0) is 212 Å². The Morgan fingerprint density at radius 1 is 0.570 bits per heavy atom. The topological polar surface area (TPSA) is 115 Å². The Morgan fingerprint density at radius 2 is 1.06 bits per heavy atom. The van der Waals surface area contributed by atoms with Crippen LogP contribution in [0.2, 0.25) is 0 Å². The van der Waals surface area contributed by atoms with Gasteiger partial charge in [-0.25, -0.2) is 4.68 Å². The van der Waals surface area contributed by atoms with Crippen molar-refractivity contribution in [1.29, 1.82) is 0 Å². The van der Waals surface area contributed by atoms with Crippen LogP contribution in [-0.2, 0) is 14.3 Å². The third kappa shape index (κ3) is 15.1. The fourth-order valence-electron chi connectivity index (χ4n) is 11.5. The van der Waals surface area contributed by atoms with Gasteiger partial charge in [0, 0.05) is 34.8 Å². The zero-order valence-corrected chi connectivity index (χ0v) is 50.2. The lowest BCUT2D eigenvalue weighted by molar-refractivity contribution is -0.124. The van der Waals surface area contributed by atoms with Gasteiger partial charge in [-0.3, -0.25) is 14.7 Å². The molecule has 1 N–H and O–H groups in total. The van der Waals surface area contributed by atoms with E-state index in [0.717, 1.165) is 134 Å². The molecule has 1 atom stereocenters. The van der Waals surface area contributed by atoms with Gasteiger partial charge in [0.25, 0.3) is 0 Å². The van der Waals surface area contributed by atoms with Crippen LogP contribution in [-0.4, -0.2) is 89.6 Å². The number of ether oxygens (including phenoxy) is 3. The van der Waals surface area contributed by atoms with Crippen molar-refractivity contribution in [3.63, 3.8) is 0 Å². The van der Waals surface area contributed by atoms with E-state index in [1.165, 1.54) is 35.1 Å². The van der Waals surface area contributed by atoms with Crippen molar-refractivity contribution in [2.45, 2.75) is 103 Å². The predicted molar refractivity (Wildman–Crippen MR) is 341 cm³/mol. The van der Waals surface area contributed by atoms with Crippen LogP contribution in [0.15, 0.2) is 170 Å². The first-order valence-corrected chi connectivity index (χ1v) is 30.8. The van der Waals surface area contributed by atoms with Gasteiger partial charge in [0.2, 0.25) is 23.7 Å². The number of unbranched alkanes of at least 4 members (excludes halogenated alkanes) is 4. The zero-order chi connectivity index (χ0) is 59.8. The Hall–Kier alpha value is -8.42. The second-order valence-corrected chi connectivity index (χ2v) is 23.1. The SMILES string of the molecule is CN(C)C(=O)/C=C/CCCCOc1ccc(/C(=C(\c2ccccc2)C2CCC2)c2ccc3c(c2)c(F)nn3C2CCCCO2)cc1.CN(C)C(=O)/C=C/CCCCOc1ccc(/C(=C(\c2ccccc2)C2CCC2)c2ccc3n[nH]c(F)c3c2)cc1. The number of likely N-dealkylation sites (N-methyl/N-ethyl adjacent to an activating group) is 2. The lowest BCUT2D eigenvalue weighted by Gasteiger charge is -2.31. The van der Waals surface area contributed by atoms with Crippen molar-refractivity contribution < 1.29 is 32.6 Å². The maximum absolute atomic E-state index is 15.5. The van der Waals surface area contributed by atoms with E-state index in [4.69, 9.17) is 14.2 Å². The van der Waals surface area contributed by atoms with Crippen LogP contribution in [0.1, 0.15) is 136 Å². The van der Waals surface area contributed by atoms with Crippen LogP contribution in [0.25, 0.3) is 44.1 Å². The zero-order valence-electron chi connectivity index (χ0n) is 50.2. The summed E-state index contributed by atoms with van der Waals surface area (Å²) in [5, 5.41) is 11.9. The molecule has 6 aromatic carbocycles. The quantitative estimate of drug-likeness (QED) is 0.0385. The van der Waals surface area contributed by atoms with Gasteiger partial charge in [-0.2, -0.15) is 13.9 Å². The number of hydrogen-bond donors (Lipinski definition) is 1. The Labute approximate surface area is 505 Å². The molecule has 2 amide bonds. The van der Waals surface area contributed by atoms with Gasteiger partial charge in [-0.1, -0.05) is 122 Å². The smallest absolute Gasteiger partial charge is 0.245 e. The second kappa shape index (κ2) is 29.6. The molecule has 446 valence electrons. The summed E-state index contributed by atoms with van der Waals surface area (Å²) in [4.78, 5) is 26.4. The molecular weight excluding hydrogens is 1080 g/mol. The van der Waals surface area contributed by atoms with Crippen molar-refractivity contribution in [3.8, 4) is 11.5 Å². The van der Waals surface area contributed by atoms with Crippen LogP contribution in [0.5, 0.6) is 11.5 Å². The molecule has 0 spiro atoms. The number of fused-ring (bicyclic) bond motifs is 2. The maximum Gasteiger partial charge on any atom is 0.245 e. The Bertz CT molecular complexity index is 3660. The van der Waals surface area contributed by atoms with E-state index in [1.807, 2.05) is 72.8 Å². The Morgan fingerprint density at radius 3 is 1.52 bits per heavy atom. The summed E-state index contributed by atoms with van der Waals surface area (Å²) >= 11 is 0. The monoisotopic (exact) mass is 1160 g/mol. The second-order valence-electron chi connectivity index (χ2n) is 23.1. The minimum absolute atomic E-state index is 0.00617. The van der Waals surface area contributed by atoms with Gasteiger partial charge in [0.1, 0.15) is 11.5 Å². The summed E-state index contributed by atoms with van der Waals surface area (Å²) in [6.45, 7) is 1.90. The third-order valence-corrected chi connectivity index (χ3v) is 16.7. The first-order valence-electron chi connectivity index (χ1n) is 30.8. The highest BCUT2D eigenvalue weighted by molar-refractivity contribution is 6.03. The van der Waals surface area contributed by atoms with Crippen LogP contribution in [0.4, 0.5) is 8.78 Å². The van der Waals surface area contributed by atoms with E-state index in [1.54, 1.807) is 54.8 Å². The van der Waals surface area contributed by atoms with Crippen molar-refractivity contribution >= 4 is 55.9 Å². The number of allylic oxidation sites excluding steroid dienone is 4. The number of aromatic nitrogens is 4. The number of aromatic amines is 1. The highest BCUT2D eigenvalue weighted by atomic mass is 19.1. The van der Waals surface area contributed by atoms with Gasteiger partial charge >= 0.3 is 0 Å². The fourth-order valence-corrected chi connectivity index (χ4v) is 11.5. The van der Waals surface area contributed by atoms with Gasteiger partial charge in [-0.15, -0.1) is 5.10 Å². The van der Waals surface area contributed by atoms with Crippen molar-refractivity contribution in [1.82, 2.24) is 29.8 Å². The number of carbonyl (C=O) groups is 2. The average molecular weight is 1160 g/mol. The molecule has 2 aliphatic carbocycles. The number of nitrogens with zero attached hydrogens (tertiary/aromatic N) is 5. The molecule has 1 saturated heterocycles. The van der Waals surface area contributed by atoms with E-state index in [-0.39, 0.29) is 18.0 Å². The molecule has 11 nitrogen and oxygen atoms in total. The van der Waals surface area contributed by atoms with Gasteiger partial charge in [0.15, 0.2) is 6.23 Å². The number of amides is 2. The standard InChI is InChI=1S/C39H44FN3O3.C34H36FN3O2/c1-42(2)35(44)17-8-3-4-10-25-45-32-22-19-30(20-23-32)38(37(29-15-12-16-29)28-13-6-5-7-14-28)31-21-24-34-33(27-31)39(40)41-43(34)36-18-9-11-26-46-36;1-38(2)31(39)15-8-3-4-9-22-40-28-19-16-26(17-20-28)33(27-18-21-30-29(23-27)34(35)37-36-30)32(25-13-10-14-25)24-11-6-5-7-12-24/h5-8,13-14,17,19-24,27,29,36H,3-4,9-12,15-16,18,25-26H2,1-2H3;5-8,11-12,15-21,23,25H,3-4,9-10,13-14,22H2,1-2H3,(H,36,37)/b17-8+,38-37-;15-8+,33-32-. The molecule has 0 bridgehead atoms. The maximum atomic E-state index is 15.5. The first kappa shape index (κ1) is 60.7. The number of rotatable bonds is 23. The van der Waals surface area contributed by atoms with Gasteiger partial charge in [0.05, 0.1) is 35.0 Å². The molecule has 2 saturated carbocycles. The van der Waals surface area contributed by atoms with E-state index >= 15 is 4.39 Å². The summed E-state index contributed by atoms with van der Waals surface area (Å²) < 4.78 is 49.8. The molecule has 86 heavy (non-hydrogen) atoms. The number of carbonyl (C=O) groups excluding carboxylic acids is 2. The van der Waals surface area contributed by atoms with E-state index in [9.17, 15) is 14.0 Å². The van der Waals surface area contributed by atoms with Crippen molar-refractivity contribution in [2.24, 2.45) is 11.8 Å². The minimum atomic E-state index is -0.459. The molecule has 0 radical (unpaired) electrons. The average Bonchev–Trinajstić information content (AvgIpc) is 1.43. The summed E-state index contributed by atoms with van der Waals surface area (Å²) in [6, 6.07) is 49.7. The van der Waals surface area contributed by atoms with Crippen molar-refractivity contribution in [2.75, 3.05) is 48.0 Å². The minimum Gasteiger partial charge on any atom is -0.494 e. The normalized spacial score (nSPS) is 16.0. The molecule has 3 fully saturated rings. The largest absolute Gasteiger partial charge is 0.494 e. The molecule has 3 aliphatic rings. The molecule has 13 heteroatoms. The van der Waals surface area contributed by atoms with Crippen molar-refractivity contribution in [3.05, 3.63) is 215 Å². The molecule has 1 unspecified atom stereocenters. The first-order chi connectivity index (χ1) is 42.0. The van der Waals surface area contributed by atoms with Crippen LogP contribution >= 0.6 is 0 Å². The lowest BCUT2D eigenvalue weighted by Crippen LogP contribution is -2.19. The van der Waals surface area contributed by atoms with Crippen LogP contribution < -0.4 is 9.47 Å². The molecule has 3 heterocycles. The number of hydrogen-bond acceptors (Lipinski definition) is 7. The molecule has 8 aromatic rings. The number of H-pyrrole nitrogens is 1. The van der Waals surface area contributed by atoms with Gasteiger partial charge < -0.3 is 24.0 Å². The highest BCUT2D eigenvalue weighted by Gasteiger charge is 2.30. The molecular formula is C73H80F2N6O5. The number of halogens is 2. The van der Waals surface area contributed by atoms with E-state index < -0.39 is 11.9 Å². The molecule has 1 aliphatic heterocycles. The Kier molecular flexibility index (Phi) is 20.9. The van der Waals surface area contributed by atoms with Crippen LogP contribution in [0.3, 0.4) is 0 Å². The summed E-state index contributed by atoms with van der Waals surface area (Å²) in [5.41, 5.74) is 12.8. The number of nitrogens with one attached hydrogen (secondary N) is 1. The lowest BCUT2D eigenvalue weighted by atomic mass is 9.73. The van der Waals surface area contributed by atoms with E-state index in [2.05, 4.69) is 100 Å². The molecule has 11 rings (SSSR count). The third-order valence-electron chi connectivity index (χ3n) is 16.7. The highest BCUT2D eigenvalue weighted by Crippen LogP contribution is 2.47. The number of benzene rings is 6. The molecule has 2 aromatic heterocycles. The summed E-state index contributed by atoms with van der Waals surface area (Å²) in [7, 11) is 7.00. The summed E-state index contributed by atoms with van der Waals surface area (Å²) in [6.07, 6.45) is 22.2.